The first-order chi connectivity index (χ1) is 9.33. The highest BCUT2D eigenvalue weighted by molar-refractivity contribution is 6.07. The summed E-state index contributed by atoms with van der Waals surface area (Å²) in [7, 11) is 2.60. The molecule has 1 amide bonds. The van der Waals surface area contributed by atoms with Crippen LogP contribution in [0.15, 0.2) is 12.1 Å². The summed E-state index contributed by atoms with van der Waals surface area (Å²) in [6.45, 7) is 0. The van der Waals surface area contributed by atoms with Crippen molar-refractivity contribution in [3.05, 3.63) is 34.4 Å². The monoisotopic (exact) mass is 281 g/mol. The van der Waals surface area contributed by atoms with Gasteiger partial charge in [-0.1, -0.05) is 0 Å². The standard InChI is InChI=1S/C12H13N2O6/c1-13-9(15)5-3-8(12(19)20)6(10(16)14-2)4-7(5)11(17)18/h3-4,9,13H,1-2H3,(H,14,16)(H,17,18)(H,19,20)/q-1. The molecule has 8 nitrogen and oxygen atoms in total. The molecule has 8 heteroatoms. The van der Waals surface area contributed by atoms with E-state index in [1.807, 2.05) is 0 Å². The lowest BCUT2D eigenvalue weighted by Crippen LogP contribution is -2.31. The molecule has 0 aliphatic rings. The van der Waals surface area contributed by atoms with Gasteiger partial charge in [0.05, 0.1) is 16.7 Å². The number of aromatic carboxylic acids is 2. The summed E-state index contributed by atoms with van der Waals surface area (Å²) in [5.41, 5.74) is -1.40. The van der Waals surface area contributed by atoms with Crippen LogP contribution in [0.4, 0.5) is 0 Å². The third-order valence-electron chi connectivity index (χ3n) is 2.67. The highest BCUT2D eigenvalue weighted by Gasteiger charge is 2.22. The molecular formula is C12H13N2O6-. The normalized spacial score (nSPS) is 11.8. The fourth-order valence-electron chi connectivity index (χ4n) is 1.67. The number of nitrogens with one attached hydrogen (secondary N) is 2. The first-order valence-electron chi connectivity index (χ1n) is 5.53. The lowest BCUT2D eigenvalue weighted by Gasteiger charge is -2.24. The van der Waals surface area contributed by atoms with E-state index in [1.165, 1.54) is 14.1 Å². The maximum Gasteiger partial charge on any atom is 0.336 e. The number of rotatable bonds is 5. The average molecular weight is 281 g/mol. The topological polar surface area (TPSA) is 139 Å². The highest BCUT2D eigenvalue weighted by atomic mass is 16.4. The molecule has 0 aliphatic carbocycles. The van der Waals surface area contributed by atoms with Crippen molar-refractivity contribution in [1.29, 1.82) is 0 Å². The van der Waals surface area contributed by atoms with Crippen LogP contribution in [0.3, 0.4) is 0 Å². The molecule has 1 aromatic rings. The molecule has 0 fully saturated rings. The fraction of sp³-hybridized carbons (Fsp3) is 0.250. The van der Waals surface area contributed by atoms with Crippen LogP contribution in [0.2, 0.25) is 0 Å². The molecule has 0 heterocycles. The Morgan fingerprint density at radius 1 is 1.05 bits per heavy atom. The molecule has 0 spiro atoms. The summed E-state index contributed by atoms with van der Waals surface area (Å²) < 4.78 is 0. The van der Waals surface area contributed by atoms with Crippen molar-refractivity contribution in [2.24, 2.45) is 0 Å². The van der Waals surface area contributed by atoms with E-state index in [0.717, 1.165) is 12.1 Å². The summed E-state index contributed by atoms with van der Waals surface area (Å²) in [6.07, 6.45) is -1.61. The Hall–Kier alpha value is -2.45. The van der Waals surface area contributed by atoms with Crippen LogP contribution in [-0.2, 0) is 0 Å². The Morgan fingerprint density at radius 3 is 2.00 bits per heavy atom. The third-order valence-corrected chi connectivity index (χ3v) is 2.67. The lowest BCUT2D eigenvalue weighted by molar-refractivity contribution is -0.434. The molecular weight excluding hydrogens is 268 g/mol. The van der Waals surface area contributed by atoms with Crippen molar-refractivity contribution >= 4 is 17.8 Å². The predicted octanol–water partition coefficient (Wildman–Crippen LogP) is -0.979. The number of carbonyl (C=O) groups is 3. The van der Waals surface area contributed by atoms with Gasteiger partial charge in [0.2, 0.25) is 0 Å². The van der Waals surface area contributed by atoms with Gasteiger partial charge in [-0.2, -0.15) is 0 Å². The Bertz CT molecular complexity index is 569. The van der Waals surface area contributed by atoms with Crippen molar-refractivity contribution < 1.29 is 29.7 Å². The summed E-state index contributed by atoms with van der Waals surface area (Å²) >= 11 is 0. The maximum absolute atomic E-state index is 11.7. The summed E-state index contributed by atoms with van der Waals surface area (Å²) in [4.78, 5) is 33.9. The molecule has 0 radical (unpaired) electrons. The van der Waals surface area contributed by atoms with Crippen LogP contribution in [0.1, 0.15) is 42.9 Å². The largest absolute Gasteiger partial charge is 0.837 e. The lowest BCUT2D eigenvalue weighted by atomic mass is 9.96. The first kappa shape index (κ1) is 15.6. The van der Waals surface area contributed by atoms with Crippen LogP contribution in [-0.4, -0.2) is 42.2 Å². The van der Waals surface area contributed by atoms with Crippen molar-refractivity contribution in [1.82, 2.24) is 10.6 Å². The first-order valence-corrected chi connectivity index (χ1v) is 5.53. The highest BCUT2D eigenvalue weighted by Crippen LogP contribution is 2.21. The molecule has 0 aliphatic heterocycles. The van der Waals surface area contributed by atoms with E-state index in [2.05, 4.69) is 10.6 Å². The number of carbonyl (C=O) groups excluding carboxylic acids is 1. The van der Waals surface area contributed by atoms with Crippen molar-refractivity contribution in [3.8, 4) is 0 Å². The summed E-state index contributed by atoms with van der Waals surface area (Å²) in [5, 5.41) is 34.3. The van der Waals surface area contributed by atoms with E-state index in [-0.39, 0.29) is 11.1 Å². The SMILES string of the molecule is CNC(=O)c1cc(C(=O)O)c(C([O-])NC)cc1C(=O)O. The molecule has 1 aromatic carbocycles. The summed E-state index contributed by atoms with van der Waals surface area (Å²) in [5.74, 6) is -3.59. The minimum atomic E-state index is -1.61. The number of benzene rings is 1. The summed E-state index contributed by atoms with van der Waals surface area (Å²) in [6, 6.07) is 1.80. The van der Waals surface area contributed by atoms with E-state index < -0.39 is 35.2 Å². The van der Waals surface area contributed by atoms with Crippen LogP contribution < -0.4 is 15.7 Å². The molecule has 4 N–H and O–H groups in total. The predicted molar refractivity (Wildman–Crippen MR) is 65.6 cm³/mol. The van der Waals surface area contributed by atoms with E-state index >= 15 is 0 Å². The van der Waals surface area contributed by atoms with Crippen molar-refractivity contribution in [2.45, 2.75) is 6.23 Å². The molecule has 0 saturated heterocycles. The zero-order valence-corrected chi connectivity index (χ0v) is 10.8. The molecule has 0 aromatic heterocycles. The molecule has 1 rings (SSSR count). The van der Waals surface area contributed by atoms with Crippen LogP contribution in [0.5, 0.6) is 0 Å². The van der Waals surface area contributed by atoms with E-state index in [1.54, 1.807) is 0 Å². The molecule has 108 valence electrons. The minimum absolute atomic E-state index is 0.245. The van der Waals surface area contributed by atoms with Gasteiger partial charge in [-0.3, -0.25) is 4.79 Å². The van der Waals surface area contributed by atoms with Gasteiger partial charge in [-0.05, 0) is 31.0 Å². The third kappa shape index (κ3) is 2.92. The van der Waals surface area contributed by atoms with Crippen molar-refractivity contribution in [2.75, 3.05) is 14.1 Å². The van der Waals surface area contributed by atoms with Crippen LogP contribution in [0, 0.1) is 0 Å². The quantitative estimate of drug-likeness (QED) is 0.509. The number of carboxylic acids is 2. The van der Waals surface area contributed by atoms with Gasteiger partial charge in [0.1, 0.15) is 0 Å². The zero-order chi connectivity index (χ0) is 15.4. The van der Waals surface area contributed by atoms with Gasteiger partial charge < -0.3 is 26.0 Å². The Kier molecular flexibility index (Phi) is 4.78. The van der Waals surface area contributed by atoms with Gasteiger partial charge in [0, 0.05) is 7.05 Å². The second-order valence-corrected chi connectivity index (χ2v) is 3.84. The van der Waals surface area contributed by atoms with Gasteiger partial charge >= 0.3 is 11.9 Å². The number of amides is 1. The number of carboxylic acid groups (broad SMARTS) is 2. The Morgan fingerprint density at radius 2 is 1.60 bits per heavy atom. The van der Waals surface area contributed by atoms with Gasteiger partial charge in [-0.25, -0.2) is 9.59 Å². The van der Waals surface area contributed by atoms with E-state index in [4.69, 9.17) is 10.2 Å². The van der Waals surface area contributed by atoms with Gasteiger partial charge in [0.15, 0.2) is 0 Å². The molecule has 0 saturated carbocycles. The second kappa shape index (κ2) is 6.13. The average Bonchev–Trinajstić information content (AvgIpc) is 2.43. The Balaban J connectivity index is 3.63. The Labute approximate surface area is 114 Å². The number of hydrogen-bond donors (Lipinski definition) is 4. The van der Waals surface area contributed by atoms with Crippen LogP contribution >= 0.6 is 0 Å². The second-order valence-electron chi connectivity index (χ2n) is 3.84. The zero-order valence-electron chi connectivity index (χ0n) is 10.8. The fourth-order valence-corrected chi connectivity index (χ4v) is 1.67. The van der Waals surface area contributed by atoms with E-state index in [0.29, 0.717) is 0 Å². The van der Waals surface area contributed by atoms with Gasteiger partial charge in [0.25, 0.3) is 5.91 Å². The number of hydrogen-bond acceptors (Lipinski definition) is 5. The van der Waals surface area contributed by atoms with Gasteiger partial charge in [-0.15, -0.1) is 0 Å². The molecule has 1 atom stereocenters. The molecule has 20 heavy (non-hydrogen) atoms. The van der Waals surface area contributed by atoms with E-state index in [9.17, 15) is 19.5 Å². The smallest absolute Gasteiger partial charge is 0.336 e. The minimum Gasteiger partial charge on any atom is -0.837 e. The maximum atomic E-state index is 11.7. The van der Waals surface area contributed by atoms with Crippen molar-refractivity contribution in [3.63, 3.8) is 0 Å². The molecule has 0 bridgehead atoms. The van der Waals surface area contributed by atoms with Crippen LogP contribution in [0.25, 0.3) is 0 Å². The molecule has 1 unspecified atom stereocenters.